The Kier molecular flexibility index (Phi) is 6.26. The Morgan fingerprint density at radius 1 is 0.857 bits per heavy atom. The standard InChI is InChI=1S/C29H24N2O4/c32-28(33)27(17-19-6-5-7-21(16-19)20-12-14-30-15-13-20)31-29(34)35-18-26-24-10-3-1-8-22(24)23-9-2-4-11-25(23)26/h1-16,26-27H,17-18H2,(H,31,34)(H,32,33). The molecule has 1 atom stereocenters. The summed E-state index contributed by atoms with van der Waals surface area (Å²) in [6.07, 6.45) is 2.81. The predicted octanol–water partition coefficient (Wildman–Crippen LogP) is 5.28. The number of hydrogen-bond donors (Lipinski definition) is 2. The Bertz CT molecular complexity index is 1320. The highest BCUT2D eigenvalue weighted by Crippen LogP contribution is 2.44. The largest absolute Gasteiger partial charge is 0.480 e. The van der Waals surface area contributed by atoms with E-state index in [2.05, 4.69) is 22.4 Å². The Morgan fingerprint density at radius 2 is 1.51 bits per heavy atom. The zero-order valence-corrected chi connectivity index (χ0v) is 18.9. The second-order valence-electron chi connectivity index (χ2n) is 8.50. The van der Waals surface area contributed by atoms with E-state index in [0.29, 0.717) is 0 Å². The van der Waals surface area contributed by atoms with Crippen LogP contribution in [0, 0.1) is 0 Å². The van der Waals surface area contributed by atoms with Gasteiger partial charge >= 0.3 is 12.1 Å². The molecule has 4 aromatic rings. The maximum atomic E-state index is 12.6. The first kappa shape index (κ1) is 22.3. The fourth-order valence-corrected chi connectivity index (χ4v) is 4.64. The van der Waals surface area contributed by atoms with E-state index in [4.69, 9.17) is 4.74 Å². The summed E-state index contributed by atoms with van der Waals surface area (Å²) in [6, 6.07) is 26.4. The molecular weight excluding hydrogens is 440 g/mol. The van der Waals surface area contributed by atoms with Crippen molar-refractivity contribution >= 4 is 12.1 Å². The van der Waals surface area contributed by atoms with Crippen molar-refractivity contribution in [3.05, 3.63) is 114 Å². The molecule has 0 saturated carbocycles. The molecule has 1 heterocycles. The summed E-state index contributed by atoms with van der Waals surface area (Å²) in [6.45, 7) is 0.129. The van der Waals surface area contributed by atoms with E-state index < -0.39 is 18.1 Å². The minimum atomic E-state index is -1.12. The Labute approximate surface area is 203 Å². The first-order valence-corrected chi connectivity index (χ1v) is 11.4. The molecule has 0 bridgehead atoms. The van der Waals surface area contributed by atoms with Gasteiger partial charge in [0.25, 0.3) is 0 Å². The number of ether oxygens (including phenoxy) is 1. The van der Waals surface area contributed by atoms with Crippen LogP contribution in [-0.2, 0) is 16.0 Å². The SMILES string of the molecule is O=C(NC(Cc1cccc(-c2ccncc2)c1)C(=O)O)OCC1c2ccccc2-c2ccccc21. The molecule has 6 nitrogen and oxygen atoms in total. The molecule has 1 amide bonds. The molecule has 35 heavy (non-hydrogen) atoms. The summed E-state index contributed by atoms with van der Waals surface area (Å²) in [4.78, 5) is 28.5. The van der Waals surface area contributed by atoms with Gasteiger partial charge in [0.05, 0.1) is 0 Å². The quantitative estimate of drug-likeness (QED) is 0.388. The molecule has 3 aromatic carbocycles. The van der Waals surface area contributed by atoms with Crippen molar-refractivity contribution in [1.29, 1.82) is 0 Å². The van der Waals surface area contributed by atoms with Crippen LogP contribution < -0.4 is 5.32 Å². The number of alkyl carbamates (subject to hydrolysis) is 1. The molecule has 0 saturated heterocycles. The molecule has 1 aliphatic carbocycles. The van der Waals surface area contributed by atoms with Crippen LogP contribution in [-0.4, -0.2) is 34.8 Å². The topological polar surface area (TPSA) is 88.5 Å². The average molecular weight is 465 g/mol. The molecule has 2 N–H and O–H groups in total. The summed E-state index contributed by atoms with van der Waals surface area (Å²) in [5.41, 5.74) is 7.21. The van der Waals surface area contributed by atoms with Gasteiger partial charge in [-0.3, -0.25) is 4.98 Å². The number of aromatic nitrogens is 1. The van der Waals surface area contributed by atoms with Crippen LogP contribution in [0.25, 0.3) is 22.3 Å². The zero-order chi connectivity index (χ0) is 24.2. The van der Waals surface area contributed by atoms with Crippen LogP contribution >= 0.6 is 0 Å². The number of rotatable bonds is 7. The maximum absolute atomic E-state index is 12.6. The lowest BCUT2D eigenvalue weighted by Gasteiger charge is -2.18. The van der Waals surface area contributed by atoms with E-state index in [0.717, 1.165) is 38.9 Å². The van der Waals surface area contributed by atoms with Gasteiger partial charge in [0.1, 0.15) is 12.6 Å². The van der Waals surface area contributed by atoms with Crippen LogP contribution in [0.5, 0.6) is 0 Å². The molecule has 0 radical (unpaired) electrons. The number of hydrogen-bond acceptors (Lipinski definition) is 4. The van der Waals surface area contributed by atoms with Gasteiger partial charge in [-0.25, -0.2) is 9.59 Å². The number of pyridine rings is 1. The van der Waals surface area contributed by atoms with Gasteiger partial charge in [0.2, 0.25) is 0 Å². The molecule has 174 valence electrons. The van der Waals surface area contributed by atoms with Crippen molar-refractivity contribution in [2.45, 2.75) is 18.4 Å². The predicted molar refractivity (Wildman–Crippen MR) is 133 cm³/mol. The Hall–Kier alpha value is -4.45. The van der Waals surface area contributed by atoms with Gasteiger partial charge in [-0.05, 0) is 51.1 Å². The summed E-state index contributed by atoms with van der Waals surface area (Å²) in [5.74, 6) is -1.21. The first-order valence-electron chi connectivity index (χ1n) is 11.4. The number of carboxylic acids is 1. The summed E-state index contributed by atoms with van der Waals surface area (Å²) >= 11 is 0. The zero-order valence-electron chi connectivity index (χ0n) is 18.9. The highest BCUT2D eigenvalue weighted by Gasteiger charge is 2.29. The number of carboxylic acid groups (broad SMARTS) is 1. The Morgan fingerprint density at radius 3 is 2.17 bits per heavy atom. The third kappa shape index (κ3) is 4.77. The average Bonchev–Trinajstić information content (AvgIpc) is 3.21. The Balaban J connectivity index is 1.26. The normalized spacial score (nSPS) is 12.9. The molecule has 5 rings (SSSR count). The van der Waals surface area contributed by atoms with Gasteiger partial charge in [-0.15, -0.1) is 0 Å². The van der Waals surface area contributed by atoms with Crippen molar-refractivity contribution in [3.63, 3.8) is 0 Å². The van der Waals surface area contributed by atoms with Gasteiger partial charge < -0.3 is 15.2 Å². The van der Waals surface area contributed by atoms with Crippen LogP contribution in [0.2, 0.25) is 0 Å². The number of carbonyl (C=O) groups is 2. The lowest BCUT2D eigenvalue weighted by molar-refractivity contribution is -0.139. The summed E-state index contributed by atoms with van der Waals surface area (Å²) in [7, 11) is 0. The third-order valence-electron chi connectivity index (χ3n) is 6.31. The van der Waals surface area contributed by atoms with Crippen molar-refractivity contribution < 1.29 is 19.4 Å². The van der Waals surface area contributed by atoms with E-state index in [1.54, 1.807) is 12.4 Å². The minimum Gasteiger partial charge on any atom is -0.480 e. The molecule has 0 fully saturated rings. The summed E-state index contributed by atoms with van der Waals surface area (Å²) in [5, 5.41) is 12.3. The second kappa shape index (κ2) is 9.81. The molecule has 6 heteroatoms. The summed E-state index contributed by atoms with van der Waals surface area (Å²) < 4.78 is 5.53. The van der Waals surface area contributed by atoms with Crippen molar-refractivity contribution in [1.82, 2.24) is 10.3 Å². The lowest BCUT2D eigenvalue weighted by atomic mass is 9.98. The molecule has 0 aliphatic heterocycles. The fourth-order valence-electron chi connectivity index (χ4n) is 4.64. The van der Waals surface area contributed by atoms with Gasteiger partial charge in [-0.2, -0.15) is 0 Å². The van der Waals surface area contributed by atoms with Crippen molar-refractivity contribution in [3.8, 4) is 22.3 Å². The van der Waals surface area contributed by atoms with E-state index >= 15 is 0 Å². The molecule has 1 unspecified atom stereocenters. The highest BCUT2D eigenvalue weighted by molar-refractivity contribution is 5.81. The van der Waals surface area contributed by atoms with E-state index in [9.17, 15) is 14.7 Å². The van der Waals surface area contributed by atoms with Gasteiger partial charge in [0.15, 0.2) is 0 Å². The van der Waals surface area contributed by atoms with Crippen LogP contribution in [0.4, 0.5) is 4.79 Å². The van der Waals surface area contributed by atoms with Gasteiger partial charge in [-0.1, -0.05) is 72.8 Å². The van der Waals surface area contributed by atoms with Crippen molar-refractivity contribution in [2.24, 2.45) is 0 Å². The van der Waals surface area contributed by atoms with E-state index in [1.807, 2.05) is 72.8 Å². The highest BCUT2D eigenvalue weighted by atomic mass is 16.5. The molecule has 0 spiro atoms. The smallest absolute Gasteiger partial charge is 0.407 e. The third-order valence-corrected chi connectivity index (χ3v) is 6.31. The number of fused-ring (bicyclic) bond motifs is 3. The van der Waals surface area contributed by atoms with Crippen molar-refractivity contribution in [2.75, 3.05) is 6.61 Å². The number of aliphatic carboxylic acids is 1. The molecule has 1 aromatic heterocycles. The van der Waals surface area contributed by atoms with Gasteiger partial charge in [0, 0.05) is 24.7 Å². The molecule has 1 aliphatic rings. The monoisotopic (exact) mass is 464 g/mol. The van der Waals surface area contributed by atoms with Crippen LogP contribution in [0.3, 0.4) is 0 Å². The maximum Gasteiger partial charge on any atom is 0.407 e. The number of benzene rings is 3. The fraction of sp³-hybridized carbons (Fsp3) is 0.138. The van der Waals surface area contributed by atoms with Crippen LogP contribution in [0.1, 0.15) is 22.6 Å². The van der Waals surface area contributed by atoms with E-state index in [-0.39, 0.29) is 18.9 Å². The van der Waals surface area contributed by atoms with Crippen LogP contribution in [0.15, 0.2) is 97.3 Å². The number of nitrogens with one attached hydrogen (secondary N) is 1. The lowest BCUT2D eigenvalue weighted by Crippen LogP contribution is -2.42. The number of amides is 1. The first-order chi connectivity index (χ1) is 17.1. The number of nitrogens with zero attached hydrogens (tertiary/aromatic N) is 1. The van der Waals surface area contributed by atoms with E-state index in [1.165, 1.54) is 0 Å². The molecular formula is C29H24N2O4. The second-order valence-corrected chi connectivity index (χ2v) is 8.50. The minimum absolute atomic E-state index is 0.0894. The number of carbonyl (C=O) groups excluding carboxylic acids is 1.